The maximum Gasteiger partial charge on any atom is 0.223 e. The van der Waals surface area contributed by atoms with E-state index in [1.165, 1.54) is 11.1 Å². The Morgan fingerprint density at radius 2 is 1.95 bits per heavy atom. The van der Waals surface area contributed by atoms with E-state index in [9.17, 15) is 4.79 Å². The summed E-state index contributed by atoms with van der Waals surface area (Å²) in [5.74, 6) is 0.588. The topological polar surface area (TPSA) is 32.3 Å². The first-order valence-electron chi connectivity index (χ1n) is 7.78. The molecule has 0 bridgehead atoms. The number of halogens is 1. The second-order valence-corrected chi connectivity index (χ2v) is 5.68. The van der Waals surface area contributed by atoms with Crippen LogP contribution in [-0.4, -0.2) is 37.0 Å². The minimum atomic E-state index is 0. The number of amides is 1. The molecule has 1 aromatic rings. The van der Waals surface area contributed by atoms with Crippen molar-refractivity contribution in [3.05, 3.63) is 35.4 Å². The number of hydrogen-bond donors (Lipinski definition) is 1. The van der Waals surface area contributed by atoms with Crippen LogP contribution in [0.1, 0.15) is 43.7 Å². The molecule has 118 valence electrons. The fourth-order valence-electron chi connectivity index (χ4n) is 2.69. The lowest BCUT2D eigenvalue weighted by molar-refractivity contribution is -0.131. The van der Waals surface area contributed by atoms with Gasteiger partial charge in [-0.2, -0.15) is 0 Å². The Balaban J connectivity index is 0.00000220. The third kappa shape index (κ3) is 5.33. The molecule has 0 saturated carbocycles. The molecule has 1 saturated heterocycles. The highest BCUT2D eigenvalue weighted by Gasteiger charge is 2.18. The van der Waals surface area contributed by atoms with E-state index in [4.69, 9.17) is 0 Å². The summed E-state index contributed by atoms with van der Waals surface area (Å²) in [5, 5.41) is 3.34. The first-order valence-corrected chi connectivity index (χ1v) is 7.78. The largest absolute Gasteiger partial charge is 0.341 e. The highest BCUT2D eigenvalue weighted by molar-refractivity contribution is 5.85. The average molecular weight is 311 g/mol. The van der Waals surface area contributed by atoms with Crippen molar-refractivity contribution in [2.75, 3.05) is 26.2 Å². The summed E-state index contributed by atoms with van der Waals surface area (Å²) in [6.45, 7) is 8.00. The Labute approximate surface area is 134 Å². The second kappa shape index (κ2) is 9.06. The Bertz CT molecular complexity index is 425. The number of rotatable bonds is 4. The van der Waals surface area contributed by atoms with E-state index in [0.29, 0.717) is 18.2 Å². The number of carbonyl (C=O) groups excluding carboxylic acids is 1. The molecule has 4 heteroatoms. The van der Waals surface area contributed by atoms with Gasteiger partial charge in [0.2, 0.25) is 5.91 Å². The van der Waals surface area contributed by atoms with Crippen molar-refractivity contribution in [2.45, 2.75) is 39.0 Å². The van der Waals surface area contributed by atoms with Crippen LogP contribution in [0.3, 0.4) is 0 Å². The lowest BCUT2D eigenvalue weighted by Gasteiger charge is -2.22. The molecule has 1 aliphatic heterocycles. The molecule has 0 spiro atoms. The second-order valence-electron chi connectivity index (χ2n) is 5.68. The average Bonchev–Trinajstić information content (AvgIpc) is 2.76. The van der Waals surface area contributed by atoms with Crippen LogP contribution in [0, 0.1) is 0 Å². The highest BCUT2D eigenvalue weighted by Crippen LogP contribution is 2.21. The van der Waals surface area contributed by atoms with Gasteiger partial charge in [-0.15, -0.1) is 12.4 Å². The number of hydrogen-bond acceptors (Lipinski definition) is 2. The third-order valence-electron chi connectivity index (χ3n) is 4.13. The van der Waals surface area contributed by atoms with E-state index in [-0.39, 0.29) is 12.4 Å². The standard InChI is InChI=1S/C17H26N2O.ClH/c1-3-15-5-7-16(8-6-15)14(2)13-17(20)19-11-4-9-18-10-12-19;/h5-8,14,18H,3-4,9-13H2,1-2H3;1H. The zero-order valence-corrected chi connectivity index (χ0v) is 13.9. The van der Waals surface area contributed by atoms with Crippen LogP contribution in [0.25, 0.3) is 0 Å². The van der Waals surface area contributed by atoms with Gasteiger partial charge in [0.05, 0.1) is 0 Å². The minimum absolute atomic E-state index is 0. The molecule has 1 heterocycles. The van der Waals surface area contributed by atoms with Gasteiger partial charge in [-0.25, -0.2) is 0 Å². The Morgan fingerprint density at radius 3 is 2.62 bits per heavy atom. The zero-order chi connectivity index (χ0) is 14.4. The van der Waals surface area contributed by atoms with Crippen molar-refractivity contribution in [3.8, 4) is 0 Å². The molecular formula is C17H27ClN2O. The molecule has 1 amide bonds. The summed E-state index contributed by atoms with van der Waals surface area (Å²) in [6, 6.07) is 8.68. The van der Waals surface area contributed by atoms with Gasteiger partial charge in [-0.05, 0) is 36.4 Å². The van der Waals surface area contributed by atoms with Crippen LogP contribution in [-0.2, 0) is 11.2 Å². The third-order valence-corrected chi connectivity index (χ3v) is 4.13. The normalized spacial score (nSPS) is 16.8. The van der Waals surface area contributed by atoms with Gasteiger partial charge in [0.1, 0.15) is 0 Å². The van der Waals surface area contributed by atoms with Crippen molar-refractivity contribution in [1.82, 2.24) is 10.2 Å². The molecule has 21 heavy (non-hydrogen) atoms. The fraction of sp³-hybridized carbons (Fsp3) is 0.588. The molecular weight excluding hydrogens is 284 g/mol. The molecule has 1 aromatic carbocycles. The quantitative estimate of drug-likeness (QED) is 0.927. The number of benzene rings is 1. The van der Waals surface area contributed by atoms with E-state index in [1.54, 1.807) is 0 Å². The highest BCUT2D eigenvalue weighted by atomic mass is 35.5. The summed E-state index contributed by atoms with van der Waals surface area (Å²) in [4.78, 5) is 14.4. The molecule has 0 aromatic heterocycles. The van der Waals surface area contributed by atoms with E-state index in [2.05, 4.69) is 43.4 Å². The number of aryl methyl sites for hydroxylation is 1. The van der Waals surface area contributed by atoms with Gasteiger partial charge >= 0.3 is 0 Å². The lowest BCUT2D eigenvalue weighted by atomic mass is 9.96. The lowest BCUT2D eigenvalue weighted by Crippen LogP contribution is -2.34. The van der Waals surface area contributed by atoms with Crippen LogP contribution < -0.4 is 5.32 Å². The van der Waals surface area contributed by atoms with Crippen molar-refractivity contribution >= 4 is 18.3 Å². The number of nitrogens with zero attached hydrogens (tertiary/aromatic N) is 1. The van der Waals surface area contributed by atoms with Gasteiger partial charge in [-0.3, -0.25) is 4.79 Å². The summed E-state index contributed by atoms with van der Waals surface area (Å²) < 4.78 is 0. The first kappa shape index (κ1) is 18.0. The molecule has 1 aliphatic rings. The van der Waals surface area contributed by atoms with Crippen LogP contribution in [0.4, 0.5) is 0 Å². The van der Waals surface area contributed by atoms with Crippen molar-refractivity contribution in [2.24, 2.45) is 0 Å². The van der Waals surface area contributed by atoms with Gasteiger partial charge in [0, 0.05) is 26.1 Å². The van der Waals surface area contributed by atoms with Gasteiger partial charge in [0.25, 0.3) is 0 Å². The zero-order valence-electron chi connectivity index (χ0n) is 13.1. The molecule has 2 rings (SSSR count). The maximum absolute atomic E-state index is 12.4. The molecule has 1 N–H and O–H groups in total. The van der Waals surface area contributed by atoms with E-state index < -0.39 is 0 Å². The van der Waals surface area contributed by atoms with Gasteiger partial charge in [-0.1, -0.05) is 38.1 Å². The van der Waals surface area contributed by atoms with Crippen molar-refractivity contribution < 1.29 is 4.79 Å². The summed E-state index contributed by atoms with van der Waals surface area (Å²) >= 11 is 0. The van der Waals surface area contributed by atoms with Crippen LogP contribution in [0.15, 0.2) is 24.3 Å². The predicted octanol–water partition coefficient (Wildman–Crippen LogP) is 2.99. The van der Waals surface area contributed by atoms with Crippen LogP contribution in [0.2, 0.25) is 0 Å². The van der Waals surface area contributed by atoms with E-state index in [0.717, 1.165) is 39.0 Å². The molecule has 0 aliphatic carbocycles. The predicted molar refractivity (Wildman–Crippen MR) is 90.2 cm³/mol. The summed E-state index contributed by atoms with van der Waals surface area (Å²) in [5.41, 5.74) is 2.62. The van der Waals surface area contributed by atoms with Crippen molar-refractivity contribution in [3.63, 3.8) is 0 Å². The molecule has 3 nitrogen and oxygen atoms in total. The van der Waals surface area contributed by atoms with Crippen molar-refractivity contribution in [1.29, 1.82) is 0 Å². The molecule has 1 unspecified atom stereocenters. The Hall–Kier alpha value is -1.06. The smallest absolute Gasteiger partial charge is 0.223 e. The minimum Gasteiger partial charge on any atom is -0.341 e. The monoisotopic (exact) mass is 310 g/mol. The summed E-state index contributed by atoms with van der Waals surface area (Å²) in [6.07, 6.45) is 2.74. The number of carbonyl (C=O) groups is 1. The summed E-state index contributed by atoms with van der Waals surface area (Å²) in [7, 11) is 0. The molecule has 1 atom stereocenters. The maximum atomic E-state index is 12.4. The molecule has 0 radical (unpaired) electrons. The fourth-order valence-corrected chi connectivity index (χ4v) is 2.69. The van der Waals surface area contributed by atoms with Gasteiger partial charge in [0.15, 0.2) is 0 Å². The van der Waals surface area contributed by atoms with Crippen LogP contribution >= 0.6 is 12.4 Å². The SMILES string of the molecule is CCc1ccc(C(C)CC(=O)N2CCCNCC2)cc1.Cl. The number of nitrogens with one attached hydrogen (secondary N) is 1. The first-order chi connectivity index (χ1) is 9.70. The van der Waals surface area contributed by atoms with E-state index in [1.807, 2.05) is 4.90 Å². The van der Waals surface area contributed by atoms with E-state index >= 15 is 0 Å². The van der Waals surface area contributed by atoms with Crippen LogP contribution in [0.5, 0.6) is 0 Å². The Kier molecular flexibility index (Phi) is 7.76. The Morgan fingerprint density at radius 1 is 1.24 bits per heavy atom. The molecule has 1 fully saturated rings. The van der Waals surface area contributed by atoms with Gasteiger partial charge < -0.3 is 10.2 Å².